The maximum Gasteiger partial charge on any atom is 0.396 e. The average Bonchev–Trinajstić information content (AvgIpc) is 3.18. The highest BCUT2D eigenvalue weighted by molar-refractivity contribution is 7.92. The molecule has 1 saturated carbocycles. The summed E-state index contributed by atoms with van der Waals surface area (Å²) >= 11 is 0. The lowest BCUT2D eigenvalue weighted by molar-refractivity contribution is -0.156. The summed E-state index contributed by atoms with van der Waals surface area (Å²) < 4.78 is 30.7. The molecule has 0 unspecified atom stereocenters. The Hall–Kier alpha value is -1.87. The summed E-state index contributed by atoms with van der Waals surface area (Å²) in [6.45, 7) is 14.5. The van der Waals surface area contributed by atoms with Crippen LogP contribution in [0.5, 0.6) is 0 Å². The molecule has 0 heterocycles. The number of sulfone groups is 1. The third kappa shape index (κ3) is 3.18. The normalized spacial score (nSPS) is 26.5. The van der Waals surface area contributed by atoms with Crippen LogP contribution >= 0.6 is 0 Å². The van der Waals surface area contributed by atoms with Gasteiger partial charge in [-0.25, -0.2) is 19.8 Å². The van der Waals surface area contributed by atoms with E-state index in [9.17, 15) is 13.2 Å². The average molecular weight is 349 g/mol. The monoisotopic (exact) mass is 349 g/mol. The molecule has 0 radical (unpaired) electrons. The molecule has 1 aromatic carbocycles. The zero-order chi connectivity index (χ0) is 18.2. The topological polar surface area (TPSA) is 64.8 Å². The van der Waals surface area contributed by atoms with E-state index in [1.807, 2.05) is 6.07 Å². The molecule has 0 bridgehead atoms. The summed E-state index contributed by atoms with van der Waals surface area (Å²) in [5.74, 6) is -1.47. The Morgan fingerprint density at radius 1 is 1.29 bits per heavy atom. The van der Waals surface area contributed by atoms with Gasteiger partial charge in [-0.1, -0.05) is 37.3 Å². The fourth-order valence-corrected chi connectivity index (χ4v) is 5.47. The summed E-state index contributed by atoms with van der Waals surface area (Å²) in [5, 5.41) is -1.04. The molecule has 6 heteroatoms. The second-order valence-corrected chi connectivity index (χ2v) is 9.36. The van der Waals surface area contributed by atoms with Gasteiger partial charge in [0.15, 0.2) is 15.1 Å². The Labute approximate surface area is 143 Å². The first-order valence-corrected chi connectivity index (χ1v) is 9.70. The lowest BCUT2D eigenvalue weighted by atomic mass is 10.1. The van der Waals surface area contributed by atoms with E-state index in [1.165, 1.54) is 0 Å². The maximum atomic E-state index is 12.7. The van der Waals surface area contributed by atoms with E-state index in [0.29, 0.717) is 12.0 Å². The van der Waals surface area contributed by atoms with Crippen LogP contribution in [0.4, 0.5) is 0 Å². The van der Waals surface area contributed by atoms with Crippen molar-refractivity contribution in [2.45, 2.75) is 56.4 Å². The molecule has 1 aliphatic rings. The molecule has 3 atom stereocenters. The molecule has 0 amide bonds. The molecule has 0 aromatic heterocycles. The van der Waals surface area contributed by atoms with Gasteiger partial charge in [0.05, 0.1) is 5.75 Å². The predicted octanol–water partition coefficient (Wildman–Crippen LogP) is 2.98. The SMILES string of the molecule is [C-]#[N+][C@]1(C(=O)OC(C)(C)C)[C@@H](c2ccccc2)[C@@H]1S(=O)(=O)CCC. The van der Waals surface area contributed by atoms with Crippen LogP contribution in [0.1, 0.15) is 45.6 Å². The molecule has 0 aliphatic heterocycles. The van der Waals surface area contributed by atoms with Gasteiger partial charge in [-0.2, -0.15) is 0 Å². The highest BCUT2D eigenvalue weighted by Gasteiger charge is 2.84. The lowest BCUT2D eigenvalue weighted by Crippen LogP contribution is -2.36. The largest absolute Gasteiger partial charge is 0.454 e. The number of ether oxygens (including phenoxy) is 1. The molecule has 130 valence electrons. The van der Waals surface area contributed by atoms with Crippen molar-refractivity contribution in [1.29, 1.82) is 0 Å². The number of hydrogen-bond acceptors (Lipinski definition) is 4. The number of benzene rings is 1. The van der Waals surface area contributed by atoms with Crippen molar-refractivity contribution < 1.29 is 17.9 Å². The molecule has 24 heavy (non-hydrogen) atoms. The number of hydrogen-bond donors (Lipinski definition) is 0. The van der Waals surface area contributed by atoms with E-state index in [-0.39, 0.29) is 5.75 Å². The second-order valence-electron chi connectivity index (χ2n) is 7.11. The lowest BCUT2D eigenvalue weighted by Gasteiger charge is -2.20. The second kappa shape index (κ2) is 6.21. The van der Waals surface area contributed by atoms with Crippen LogP contribution in [0.25, 0.3) is 4.85 Å². The Bertz CT molecular complexity index is 758. The molecule has 5 nitrogen and oxygen atoms in total. The van der Waals surface area contributed by atoms with Gasteiger partial charge in [0, 0.05) is 0 Å². The zero-order valence-corrected chi connectivity index (χ0v) is 15.3. The van der Waals surface area contributed by atoms with Gasteiger partial charge >= 0.3 is 11.5 Å². The smallest absolute Gasteiger partial charge is 0.396 e. The van der Waals surface area contributed by atoms with Crippen molar-refractivity contribution in [1.82, 2.24) is 0 Å². The van der Waals surface area contributed by atoms with Crippen LogP contribution in [0.15, 0.2) is 30.3 Å². The van der Waals surface area contributed by atoms with Crippen LogP contribution < -0.4 is 0 Å². The summed E-state index contributed by atoms with van der Waals surface area (Å²) in [4.78, 5) is 16.2. The van der Waals surface area contributed by atoms with Crippen molar-refractivity contribution in [3.8, 4) is 0 Å². The van der Waals surface area contributed by atoms with Crippen LogP contribution in [-0.4, -0.2) is 36.5 Å². The first-order chi connectivity index (χ1) is 11.1. The van der Waals surface area contributed by atoms with Gasteiger partial charge < -0.3 is 4.74 Å². The van der Waals surface area contributed by atoms with Crippen molar-refractivity contribution in [3.05, 3.63) is 47.3 Å². The molecule has 1 fully saturated rings. The van der Waals surface area contributed by atoms with Gasteiger partial charge in [-0.3, -0.25) is 4.85 Å². The van der Waals surface area contributed by atoms with Gasteiger partial charge in [0.1, 0.15) is 11.5 Å². The van der Waals surface area contributed by atoms with Crippen LogP contribution in [0, 0.1) is 6.57 Å². The molecular weight excluding hydrogens is 326 g/mol. The summed E-state index contributed by atoms with van der Waals surface area (Å²) in [6.07, 6.45) is 0.447. The Kier molecular flexibility index (Phi) is 4.78. The first-order valence-electron chi connectivity index (χ1n) is 7.98. The number of esters is 1. The van der Waals surface area contributed by atoms with Crippen LogP contribution in [0.3, 0.4) is 0 Å². The molecular formula is C18H23NO4S. The molecule has 0 N–H and O–H groups in total. The molecule has 0 saturated heterocycles. The van der Waals surface area contributed by atoms with Crippen LogP contribution in [-0.2, 0) is 19.4 Å². The van der Waals surface area contributed by atoms with E-state index in [4.69, 9.17) is 11.3 Å². The van der Waals surface area contributed by atoms with Crippen molar-refractivity contribution >= 4 is 15.8 Å². The summed E-state index contributed by atoms with van der Waals surface area (Å²) in [7, 11) is -3.57. The Balaban J connectivity index is 2.51. The molecule has 2 rings (SSSR count). The van der Waals surface area contributed by atoms with Gasteiger partial charge in [-0.05, 0) is 32.8 Å². The minimum absolute atomic E-state index is 0.0406. The standard InChI is InChI=1S/C18H23NO4S/c1-6-12-24(21,22)15-14(13-10-8-7-9-11-13)18(15,19-5)16(20)23-17(2,3)4/h7-11,14-15H,6,12H2,1-4H3/t14-,15-,18+/m0/s1. The highest BCUT2D eigenvalue weighted by atomic mass is 32.2. The van der Waals surface area contributed by atoms with Crippen molar-refractivity contribution in [3.63, 3.8) is 0 Å². The van der Waals surface area contributed by atoms with E-state index in [0.717, 1.165) is 0 Å². The third-order valence-electron chi connectivity index (χ3n) is 4.05. The Morgan fingerprint density at radius 3 is 2.33 bits per heavy atom. The summed E-state index contributed by atoms with van der Waals surface area (Å²) in [5.41, 5.74) is -1.77. The fraction of sp³-hybridized carbons (Fsp3) is 0.556. The van der Waals surface area contributed by atoms with Gasteiger partial charge in [0.2, 0.25) is 0 Å². The number of rotatable bonds is 5. The zero-order valence-electron chi connectivity index (χ0n) is 14.4. The van der Waals surface area contributed by atoms with E-state index in [1.54, 1.807) is 52.0 Å². The van der Waals surface area contributed by atoms with E-state index >= 15 is 0 Å². The predicted molar refractivity (Wildman–Crippen MR) is 92.2 cm³/mol. The van der Waals surface area contributed by atoms with Crippen LogP contribution in [0.2, 0.25) is 0 Å². The molecule has 1 aliphatic carbocycles. The Morgan fingerprint density at radius 2 is 1.88 bits per heavy atom. The number of nitrogens with zero attached hydrogens (tertiary/aromatic N) is 1. The quantitative estimate of drug-likeness (QED) is 0.605. The van der Waals surface area contributed by atoms with E-state index < -0.39 is 38.1 Å². The van der Waals surface area contributed by atoms with Crippen molar-refractivity contribution in [2.75, 3.05) is 5.75 Å². The fourth-order valence-electron chi connectivity index (χ4n) is 3.11. The minimum atomic E-state index is -3.57. The van der Waals surface area contributed by atoms with Gasteiger partial charge in [-0.15, -0.1) is 0 Å². The summed E-state index contributed by atoms with van der Waals surface area (Å²) in [6, 6.07) is 8.89. The highest BCUT2D eigenvalue weighted by Crippen LogP contribution is 2.59. The van der Waals surface area contributed by atoms with E-state index in [2.05, 4.69) is 4.85 Å². The minimum Gasteiger partial charge on any atom is -0.454 e. The third-order valence-corrected chi connectivity index (χ3v) is 6.43. The molecule has 0 spiro atoms. The number of carbonyl (C=O) groups is 1. The van der Waals surface area contributed by atoms with Crippen molar-refractivity contribution in [2.24, 2.45) is 0 Å². The first kappa shape index (κ1) is 18.5. The number of carbonyl (C=O) groups excluding carboxylic acids is 1. The maximum absolute atomic E-state index is 12.7. The van der Waals surface area contributed by atoms with Gasteiger partial charge in [0.25, 0.3) is 0 Å². The molecule has 1 aromatic rings.